The van der Waals surface area contributed by atoms with Gasteiger partial charge in [-0.05, 0) is 66.3 Å². The van der Waals surface area contributed by atoms with Crippen molar-refractivity contribution in [3.8, 4) is 11.1 Å². The van der Waals surface area contributed by atoms with Crippen LogP contribution in [0.2, 0.25) is 0 Å². The highest BCUT2D eigenvalue weighted by molar-refractivity contribution is 7.27. The number of rotatable bonds is 3. The van der Waals surface area contributed by atoms with Gasteiger partial charge in [-0.3, -0.25) is 0 Å². The van der Waals surface area contributed by atoms with E-state index in [2.05, 4.69) is 28.3 Å². The zero-order valence-corrected chi connectivity index (χ0v) is 14.6. The largest absolute Gasteiger partial charge is 0.204 e. The molecule has 1 saturated carbocycles. The standard InChI is InChI=1S/C20H23F2P/c1-2-13-3-5-14(6-4-13)15-7-9-16(10-8-15)17-11-18(21)20(22)19(23)12-17/h7-14H,2-6,23H2,1H3. The molecule has 0 spiro atoms. The van der Waals surface area contributed by atoms with Gasteiger partial charge >= 0.3 is 0 Å². The monoisotopic (exact) mass is 332 g/mol. The molecule has 0 saturated heterocycles. The van der Waals surface area contributed by atoms with Crippen LogP contribution in [0.25, 0.3) is 11.1 Å². The van der Waals surface area contributed by atoms with Gasteiger partial charge in [-0.2, -0.15) is 0 Å². The Morgan fingerprint density at radius 2 is 1.61 bits per heavy atom. The van der Waals surface area contributed by atoms with Crippen molar-refractivity contribution in [3.63, 3.8) is 0 Å². The van der Waals surface area contributed by atoms with Crippen molar-refractivity contribution in [2.75, 3.05) is 0 Å². The van der Waals surface area contributed by atoms with Gasteiger partial charge in [-0.25, -0.2) is 8.78 Å². The normalized spacial score (nSPS) is 21.4. The molecule has 3 rings (SSSR count). The number of hydrogen-bond acceptors (Lipinski definition) is 0. The highest BCUT2D eigenvalue weighted by Gasteiger charge is 2.21. The molecule has 2 aromatic rings. The van der Waals surface area contributed by atoms with Crippen molar-refractivity contribution < 1.29 is 8.78 Å². The fourth-order valence-electron chi connectivity index (χ4n) is 3.63. The molecule has 0 heterocycles. The first-order chi connectivity index (χ1) is 11.1. The van der Waals surface area contributed by atoms with E-state index in [9.17, 15) is 8.78 Å². The highest BCUT2D eigenvalue weighted by Crippen LogP contribution is 2.37. The molecule has 122 valence electrons. The van der Waals surface area contributed by atoms with Gasteiger partial charge in [-0.15, -0.1) is 9.24 Å². The van der Waals surface area contributed by atoms with E-state index in [1.165, 1.54) is 43.7 Å². The molecule has 0 aliphatic heterocycles. The van der Waals surface area contributed by atoms with Crippen molar-refractivity contribution in [1.29, 1.82) is 0 Å². The SMILES string of the molecule is CCC1CCC(c2ccc(-c3cc(F)c(F)c(P)c3)cc2)CC1. The van der Waals surface area contributed by atoms with Crippen LogP contribution in [0.5, 0.6) is 0 Å². The molecule has 0 N–H and O–H groups in total. The van der Waals surface area contributed by atoms with Crippen LogP contribution in [0, 0.1) is 17.6 Å². The molecule has 3 heteroatoms. The molecule has 1 atom stereocenters. The lowest BCUT2D eigenvalue weighted by Crippen LogP contribution is -2.12. The van der Waals surface area contributed by atoms with Crippen molar-refractivity contribution in [1.82, 2.24) is 0 Å². The Balaban J connectivity index is 1.77. The fraction of sp³-hybridized carbons (Fsp3) is 0.400. The summed E-state index contributed by atoms with van der Waals surface area (Å²) in [7, 11) is 2.25. The van der Waals surface area contributed by atoms with Gasteiger partial charge in [0.15, 0.2) is 11.6 Å². The lowest BCUT2D eigenvalue weighted by molar-refractivity contribution is 0.319. The Morgan fingerprint density at radius 3 is 2.17 bits per heavy atom. The first-order valence-electron chi connectivity index (χ1n) is 8.43. The van der Waals surface area contributed by atoms with Crippen molar-refractivity contribution >= 4 is 14.5 Å². The summed E-state index contributed by atoms with van der Waals surface area (Å²) in [5.74, 6) is -0.0418. The van der Waals surface area contributed by atoms with Crippen LogP contribution in [0.3, 0.4) is 0 Å². The molecule has 0 amide bonds. The number of benzene rings is 2. The third kappa shape index (κ3) is 3.63. The van der Waals surface area contributed by atoms with Gasteiger partial charge in [0.2, 0.25) is 0 Å². The second-order valence-electron chi connectivity index (χ2n) is 6.61. The topological polar surface area (TPSA) is 0 Å². The van der Waals surface area contributed by atoms with Gasteiger partial charge in [0.05, 0.1) is 0 Å². The minimum Gasteiger partial charge on any atom is -0.204 e. The molecular weight excluding hydrogens is 309 g/mol. The first-order valence-corrected chi connectivity index (χ1v) is 9.01. The maximum Gasteiger partial charge on any atom is 0.165 e. The summed E-state index contributed by atoms with van der Waals surface area (Å²) < 4.78 is 27.0. The molecule has 23 heavy (non-hydrogen) atoms. The molecule has 0 nitrogen and oxygen atoms in total. The maximum absolute atomic E-state index is 13.6. The Morgan fingerprint density at radius 1 is 0.957 bits per heavy atom. The van der Waals surface area contributed by atoms with E-state index in [1.54, 1.807) is 6.07 Å². The van der Waals surface area contributed by atoms with E-state index in [-0.39, 0.29) is 5.30 Å². The predicted octanol–water partition coefficient (Wildman–Crippen LogP) is 5.82. The Hall–Kier alpha value is -1.27. The quantitative estimate of drug-likeness (QED) is 0.622. The van der Waals surface area contributed by atoms with Crippen LogP contribution in [0.15, 0.2) is 36.4 Å². The Labute approximate surface area is 139 Å². The Kier molecular flexibility index (Phi) is 5.11. The molecule has 1 aliphatic carbocycles. The summed E-state index contributed by atoms with van der Waals surface area (Å²) in [6.45, 7) is 2.28. The van der Waals surface area contributed by atoms with E-state index >= 15 is 0 Å². The summed E-state index contributed by atoms with van der Waals surface area (Å²) in [5, 5.41) is 0.266. The molecule has 0 bridgehead atoms. The van der Waals surface area contributed by atoms with E-state index in [1.807, 2.05) is 12.1 Å². The molecule has 2 aromatic carbocycles. The average Bonchev–Trinajstić information content (AvgIpc) is 2.59. The predicted molar refractivity (Wildman–Crippen MR) is 96.1 cm³/mol. The van der Waals surface area contributed by atoms with Crippen LogP contribution in [-0.4, -0.2) is 0 Å². The lowest BCUT2D eigenvalue weighted by Gasteiger charge is -2.28. The van der Waals surface area contributed by atoms with Gasteiger partial charge in [-0.1, -0.05) is 37.6 Å². The van der Waals surface area contributed by atoms with E-state index in [0.29, 0.717) is 5.92 Å². The average molecular weight is 332 g/mol. The van der Waals surface area contributed by atoms with E-state index in [0.717, 1.165) is 17.0 Å². The van der Waals surface area contributed by atoms with Gasteiger partial charge in [0, 0.05) is 5.30 Å². The molecule has 1 unspecified atom stereocenters. The molecule has 1 aliphatic rings. The second-order valence-corrected chi connectivity index (χ2v) is 7.23. The summed E-state index contributed by atoms with van der Waals surface area (Å²) in [5.41, 5.74) is 3.02. The Bertz CT molecular complexity index is 648. The van der Waals surface area contributed by atoms with Crippen LogP contribution in [0.4, 0.5) is 8.78 Å². The van der Waals surface area contributed by atoms with Crippen molar-refractivity contribution in [3.05, 3.63) is 53.6 Å². The third-order valence-electron chi connectivity index (χ3n) is 5.20. The lowest BCUT2D eigenvalue weighted by atomic mass is 9.77. The highest BCUT2D eigenvalue weighted by atomic mass is 31.0. The molecule has 0 aromatic heterocycles. The van der Waals surface area contributed by atoms with Gasteiger partial charge < -0.3 is 0 Å². The van der Waals surface area contributed by atoms with Crippen LogP contribution < -0.4 is 5.30 Å². The smallest absolute Gasteiger partial charge is 0.165 e. The van der Waals surface area contributed by atoms with Crippen LogP contribution in [-0.2, 0) is 0 Å². The van der Waals surface area contributed by atoms with Crippen molar-refractivity contribution in [2.24, 2.45) is 5.92 Å². The molecular formula is C20H23F2P. The van der Waals surface area contributed by atoms with Crippen molar-refractivity contribution in [2.45, 2.75) is 44.9 Å². The van der Waals surface area contributed by atoms with E-state index < -0.39 is 11.6 Å². The molecule has 0 radical (unpaired) electrons. The van der Waals surface area contributed by atoms with E-state index in [4.69, 9.17) is 0 Å². The summed E-state index contributed by atoms with van der Waals surface area (Å²) in [6, 6.07) is 11.3. The number of halogens is 2. The first kappa shape index (κ1) is 16.6. The third-order valence-corrected chi connectivity index (χ3v) is 5.62. The summed E-state index contributed by atoms with van der Waals surface area (Å²) in [4.78, 5) is 0. The fourth-order valence-corrected chi connectivity index (χ4v) is 3.95. The minimum absolute atomic E-state index is 0.266. The van der Waals surface area contributed by atoms with Gasteiger partial charge in [0.25, 0.3) is 0 Å². The van der Waals surface area contributed by atoms with Crippen LogP contribution >= 0.6 is 9.24 Å². The molecule has 1 fully saturated rings. The zero-order valence-electron chi connectivity index (χ0n) is 13.5. The summed E-state index contributed by atoms with van der Waals surface area (Å²) in [6.07, 6.45) is 6.46. The minimum atomic E-state index is -0.797. The summed E-state index contributed by atoms with van der Waals surface area (Å²) >= 11 is 0. The second kappa shape index (κ2) is 7.09. The van der Waals surface area contributed by atoms with Gasteiger partial charge in [0.1, 0.15) is 0 Å². The zero-order chi connectivity index (χ0) is 16.4. The number of hydrogen-bond donors (Lipinski definition) is 0. The van der Waals surface area contributed by atoms with Crippen LogP contribution in [0.1, 0.15) is 50.5 Å². The maximum atomic E-state index is 13.6.